The fourth-order valence-electron chi connectivity index (χ4n) is 2.73. The van der Waals surface area contributed by atoms with Crippen LogP contribution in [0.15, 0.2) is 46.5 Å². The molecule has 2 amide bonds. The van der Waals surface area contributed by atoms with Crippen LogP contribution in [-0.2, 0) is 20.8 Å². The van der Waals surface area contributed by atoms with Gasteiger partial charge in [-0.1, -0.05) is 28.4 Å². The van der Waals surface area contributed by atoms with Crippen LogP contribution in [0, 0.1) is 0 Å². The molecule has 0 aliphatic rings. The molecule has 0 atom stereocenters. The molecule has 170 valence electrons. The second-order valence-corrected chi connectivity index (χ2v) is 7.46. The molecule has 0 heterocycles. The average molecular weight is 479 g/mol. The van der Waals surface area contributed by atoms with Crippen LogP contribution in [0.3, 0.4) is 0 Å². The second-order valence-electron chi connectivity index (χ2n) is 6.65. The lowest BCUT2D eigenvalue weighted by Gasteiger charge is -2.10. The number of halogens is 2. The van der Waals surface area contributed by atoms with Crippen molar-refractivity contribution in [1.82, 2.24) is 0 Å². The fourth-order valence-corrected chi connectivity index (χ4v) is 3.35. The molecule has 0 saturated heterocycles. The van der Waals surface area contributed by atoms with Crippen LogP contribution in [0.2, 0.25) is 10.0 Å². The molecule has 2 aromatic rings. The number of anilines is 1. The van der Waals surface area contributed by atoms with Gasteiger partial charge in [-0.05, 0) is 48.9 Å². The summed E-state index contributed by atoms with van der Waals surface area (Å²) < 4.78 is 5.15. The molecule has 0 aromatic heterocycles. The summed E-state index contributed by atoms with van der Waals surface area (Å²) in [6.45, 7) is 3.50. The van der Waals surface area contributed by atoms with Crippen molar-refractivity contribution < 1.29 is 19.2 Å². The van der Waals surface area contributed by atoms with Gasteiger partial charge in [-0.3, -0.25) is 9.59 Å². The van der Waals surface area contributed by atoms with E-state index in [0.29, 0.717) is 34.9 Å². The molecule has 10 heteroatoms. The molecule has 8 nitrogen and oxygen atoms in total. The minimum absolute atomic E-state index is 0.0832. The zero-order valence-electron chi connectivity index (χ0n) is 17.9. The van der Waals surface area contributed by atoms with Gasteiger partial charge in [-0.15, -0.1) is 0 Å². The summed E-state index contributed by atoms with van der Waals surface area (Å²) >= 11 is 12.4. The largest absolute Gasteiger partial charge is 0.497 e. The summed E-state index contributed by atoms with van der Waals surface area (Å²) in [5.41, 5.74) is 8.04. The fraction of sp³-hybridized carbons (Fsp3) is 0.273. The van der Waals surface area contributed by atoms with Gasteiger partial charge in [0, 0.05) is 18.9 Å². The number of amidine groups is 1. The van der Waals surface area contributed by atoms with Crippen molar-refractivity contribution in [3.8, 4) is 5.75 Å². The molecule has 0 aliphatic heterocycles. The number of ether oxygens (including phenoxy) is 1. The first-order chi connectivity index (χ1) is 15.2. The molecule has 0 fully saturated rings. The van der Waals surface area contributed by atoms with Crippen molar-refractivity contribution in [2.75, 3.05) is 19.0 Å². The lowest BCUT2D eigenvalue weighted by Crippen LogP contribution is -2.19. The zero-order valence-corrected chi connectivity index (χ0v) is 19.5. The number of amides is 2. The molecule has 3 N–H and O–H groups in total. The Morgan fingerprint density at radius 1 is 1.12 bits per heavy atom. The van der Waals surface area contributed by atoms with Gasteiger partial charge < -0.3 is 20.6 Å². The number of rotatable bonds is 9. The van der Waals surface area contributed by atoms with E-state index in [-0.39, 0.29) is 34.6 Å². The summed E-state index contributed by atoms with van der Waals surface area (Å²) in [6.07, 6.45) is 0.0437. The van der Waals surface area contributed by atoms with Crippen molar-refractivity contribution in [2.24, 2.45) is 15.9 Å². The van der Waals surface area contributed by atoms with Gasteiger partial charge in [0.2, 0.25) is 5.91 Å². The predicted molar refractivity (Wildman–Crippen MR) is 127 cm³/mol. The first kappa shape index (κ1) is 25.2. The number of benzene rings is 2. The highest BCUT2D eigenvalue weighted by atomic mass is 35.5. The van der Waals surface area contributed by atoms with E-state index >= 15 is 0 Å². The lowest BCUT2D eigenvalue weighted by molar-refractivity contribution is -0.116. The highest BCUT2D eigenvalue weighted by Crippen LogP contribution is 2.32. The Balaban J connectivity index is 2.14. The number of nitrogens with zero attached hydrogens (tertiary/aromatic N) is 2. The zero-order chi connectivity index (χ0) is 23.7. The van der Waals surface area contributed by atoms with Crippen LogP contribution in [0.4, 0.5) is 5.69 Å². The van der Waals surface area contributed by atoms with E-state index in [1.54, 1.807) is 50.4 Å². The maximum Gasteiger partial charge on any atom is 0.253 e. The van der Waals surface area contributed by atoms with Crippen LogP contribution in [0.5, 0.6) is 5.75 Å². The van der Waals surface area contributed by atoms with Gasteiger partial charge in [0.1, 0.15) is 18.2 Å². The number of oxime groups is 1. The Hall–Kier alpha value is -3.10. The number of carbonyl (C=O) groups is 2. The number of nitrogens with one attached hydrogen (secondary N) is 1. The Labute approximate surface area is 196 Å². The molecule has 0 aliphatic carbocycles. The van der Waals surface area contributed by atoms with Crippen LogP contribution in [0.1, 0.15) is 31.4 Å². The molecule has 32 heavy (non-hydrogen) atoms. The first-order valence-corrected chi connectivity index (χ1v) is 10.4. The molecule has 0 spiro atoms. The van der Waals surface area contributed by atoms with Gasteiger partial charge in [-0.2, -0.15) is 0 Å². The molecular formula is C22H24Cl2N4O4. The van der Waals surface area contributed by atoms with Crippen LogP contribution in [-0.4, -0.2) is 37.1 Å². The molecule has 0 radical (unpaired) electrons. The standard InChI is InChI=1S/C22H24Cl2N4O4/c1-4-32-28-19(15-5-7-16(31-3)8-6-15)12-21(30)27-20(25)11-14-9-17(23)22(18(24)10-14)26-13(2)29/h5-10H,4,11-12H2,1-3H3,(H,26,29)(H2,25,27,30)/b28-19-. The SMILES string of the molecule is CCO/N=C(/CC(=O)N=C(N)Cc1cc(Cl)c(NC(C)=O)c(Cl)c1)c1ccc(OC)cc1. The monoisotopic (exact) mass is 478 g/mol. The third kappa shape index (κ3) is 7.55. The average Bonchev–Trinajstić information content (AvgIpc) is 2.73. The second kappa shape index (κ2) is 12.1. The quantitative estimate of drug-likeness (QED) is 0.318. The molecule has 2 rings (SSSR count). The summed E-state index contributed by atoms with van der Waals surface area (Å²) in [4.78, 5) is 32.8. The van der Waals surface area contributed by atoms with Gasteiger partial charge in [0.05, 0.1) is 35.0 Å². The van der Waals surface area contributed by atoms with E-state index in [2.05, 4.69) is 15.5 Å². The highest BCUT2D eigenvalue weighted by Gasteiger charge is 2.14. The minimum Gasteiger partial charge on any atom is -0.497 e. The van der Waals surface area contributed by atoms with Crippen molar-refractivity contribution in [3.05, 3.63) is 57.6 Å². The van der Waals surface area contributed by atoms with Crippen molar-refractivity contribution in [2.45, 2.75) is 26.7 Å². The molecule has 0 bridgehead atoms. The van der Waals surface area contributed by atoms with E-state index in [9.17, 15) is 9.59 Å². The highest BCUT2D eigenvalue weighted by molar-refractivity contribution is 6.39. The van der Waals surface area contributed by atoms with Gasteiger partial charge in [0.25, 0.3) is 5.91 Å². The summed E-state index contributed by atoms with van der Waals surface area (Å²) in [6, 6.07) is 10.3. The van der Waals surface area contributed by atoms with Gasteiger partial charge in [-0.25, -0.2) is 4.99 Å². The smallest absolute Gasteiger partial charge is 0.253 e. The van der Waals surface area contributed by atoms with Gasteiger partial charge >= 0.3 is 0 Å². The summed E-state index contributed by atoms with van der Waals surface area (Å²) in [7, 11) is 1.57. The molecule has 2 aromatic carbocycles. The predicted octanol–water partition coefficient (Wildman–Crippen LogP) is 4.22. The van der Waals surface area contributed by atoms with Crippen LogP contribution in [0.25, 0.3) is 0 Å². The Morgan fingerprint density at radius 2 is 1.75 bits per heavy atom. The van der Waals surface area contributed by atoms with E-state index < -0.39 is 5.91 Å². The Morgan fingerprint density at radius 3 is 2.28 bits per heavy atom. The topological polar surface area (TPSA) is 115 Å². The third-order valence-corrected chi connectivity index (χ3v) is 4.70. The number of hydrogen-bond acceptors (Lipinski definition) is 5. The lowest BCUT2D eigenvalue weighted by atomic mass is 10.1. The van der Waals surface area contributed by atoms with Crippen LogP contribution >= 0.6 is 23.2 Å². The molecular weight excluding hydrogens is 455 g/mol. The number of methoxy groups -OCH3 is 1. The van der Waals surface area contributed by atoms with E-state index in [4.69, 9.17) is 38.5 Å². The molecule has 0 unspecified atom stereocenters. The maximum absolute atomic E-state index is 12.5. The van der Waals surface area contributed by atoms with Crippen LogP contribution < -0.4 is 15.8 Å². The van der Waals surface area contributed by atoms with Gasteiger partial charge in [0.15, 0.2) is 0 Å². The van der Waals surface area contributed by atoms with Crippen molar-refractivity contribution in [1.29, 1.82) is 0 Å². The summed E-state index contributed by atoms with van der Waals surface area (Å²) in [5, 5.41) is 7.11. The van der Waals surface area contributed by atoms with E-state index in [1.807, 2.05) is 0 Å². The number of nitrogens with two attached hydrogens (primary N) is 1. The Bertz CT molecular complexity index is 1010. The number of aliphatic imine (C=N–C) groups is 1. The molecule has 0 saturated carbocycles. The first-order valence-electron chi connectivity index (χ1n) is 9.68. The normalized spacial score (nSPS) is 11.8. The number of hydrogen-bond donors (Lipinski definition) is 2. The minimum atomic E-state index is -0.483. The van der Waals surface area contributed by atoms with E-state index in [0.717, 1.165) is 0 Å². The van der Waals surface area contributed by atoms with Crippen molar-refractivity contribution in [3.63, 3.8) is 0 Å². The Kier molecular flexibility index (Phi) is 9.49. The number of carbonyl (C=O) groups excluding carboxylic acids is 2. The summed E-state index contributed by atoms with van der Waals surface area (Å²) in [5.74, 6) is -0.0155. The van der Waals surface area contributed by atoms with Crippen molar-refractivity contribution >= 4 is 52.3 Å². The third-order valence-electron chi connectivity index (χ3n) is 4.10. The maximum atomic E-state index is 12.5. The van der Waals surface area contributed by atoms with E-state index in [1.165, 1.54) is 6.92 Å².